The Morgan fingerprint density at radius 3 is 2.33 bits per heavy atom. The van der Waals surface area contributed by atoms with E-state index in [4.69, 9.17) is 5.26 Å². The number of rotatable bonds is 3. The number of nitrogens with one attached hydrogen (secondary N) is 3. The van der Waals surface area contributed by atoms with Gasteiger partial charge in [-0.3, -0.25) is 25.2 Å². The highest BCUT2D eigenvalue weighted by Crippen LogP contribution is 2.21. The lowest BCUT2D eigenvalue weighted by atomic mass is 10.2. The molecule has 1 aliphatic carbocycles. The van der Waals surface area contributed by atoms with Gasteiger partial charge in [0.25, 0.3) is 5.91 Å². The fourth-order valence-electron chi connectivity index (χ4n) is 2.79. The van der Waals surface area contributed by atoms with Gasteiger partial charge < -0.3 is 9.88 Å². The first-order valence-corrected chi connectivity index (χ1v) is 8.51. The first-order valence-electron chi connectivity index (χ1n) is 8.51. The first kappa shape index (κ1) is 18.2. The van der Waals surface area contributed by atoms with Crippen molar-refractivity contribution in [2.24, 2.45) is 0 Å². The van der Waals surface area contributed by atoms with Crippen LogP contribution < -0.4 is 16.2 Å². The topological polar surface area (TPSA) is 116 Å². The Kier molecular flexibility index (Phi) is 4.94. The second-order valence-electron chi connectivity index (χ2n) is 6.43. The molecule has 8 heteroatoms. The zero-order chi connectivity index (χ0) is 19.6. The number of nitriles is 1. The van der Waals surface area contributed by atoms with Crippen LogP contribution in [0.4, 0.5) is 0 Å². The molecule has 0 saturated heterocycles. The minimum absolute atomic E-state index is 0.0605. The van der Waals surface area contributed by atoms with Crippen molar-refractivity contribution in [2.75, 3.05) is 0 Å². The van der Waals surface area contributed by atoms with E-state index in [1.165, 1.54) is 0 Å². The van der Waals surface area contributed by atoms with E-state index in [2.05, 4.69) is 22.2 Å². The summed E-state index contributed by atoms with van der Waals surface area (Å²) >= 11 is 0. The highest BCUT2D eigenvalue weighted by atomic mass is 16.2. The Labute approximate surface area is 156 Å². The van der Waals surface area contributed by atoms with Gasteiger partial charge in [-0.2, -0.15) is 5.26 Å². The monoisotopic (exact) mass is 365 g/mol. The summed E-state index contributed by atoms with van der Waals surface area (Å²) in [6.07, 6.45) is 1.74. The summed E-state index contributed by atoms with van der Waals surface area (Å²) in [6, 6.07) is 10.8. The van der Waals surface area contributed by atoms with Gasteiger partial charge in [0.05, 0.1) is 17.2 Å². The molecule has 2 aromatic rings. The smallest absolute Gasteiger partial charge is 0.327 e. The molecule has 0 unspecified atom stereocenters. The van der Waals surface area contributed by atoms with Crippen LogP contribution in [0.15, 0.2) is 30.3 Å². The molecule has 8 nitrogen and oxygen atoms in total. The molecule has 0 radical (unpaired) electrons. The van der Waals surface area contributed by atoms with Crippen molar-refractivity contribution in [1.82, 2.24) is 20.7 Å². The molecule has 1 aliphatic rings. The van der Waals surface area contributed by atoms with Gasteiger partial charge in [0, 0.05) is 23.1 Å². The van der Waals surface area contributed by atoms with Crippen LogP contribution in [-0.2, 0) is 9.59 Å². The van der Waals surface area contributed by atoms with Gasteiger partial charge in [0.1, 0.15) is 0 Å². The van der Waals surface area contributed by atoms with E-state index in [1.807, 2.05) is 11.5 Å². The van der Waals surface area contributed by atoms with Crippen molar-refractivity contribution in [3.8, 4) is 11.8 Å². The third kappa shape index (κ3) is 3.98. The molecule has 3 amide bonds. The number of carbonyl (C=O) groups is 3. The Balaban J connectivity index is 1.71. The van der Waals surface area contributed by atoms with Crippen molar-refractivity contribution in [3.05, 3.63) is 52.8 Å². The molecule has 1 aromatic heterocycles. The summed E-state index contributed by atoms with van der Waals surface area (Å²) in [5.41, 5.74) is 7.63. The third-order valence-corrected chi connectivity index (χ3v) is 4.34. The molecule has 0 bridgehead atoms. The average Bonchev–Trinajstić information content (AvgIpc) is 3.42. The average molecular weight is 365 g/mol. The van der Waals surface area contributed by atoms with E-state index in [0.717, 1.165) is 24.2 Å². The predicted octanol–water partition coefficient (Wildman–Crippen LogP) is 1.01. The van der Waals surface area contributed by atoms with Crippen molar-refractivity contribution in [1.29, 1.82) is 5.26 Å². The van der Waals surface area contributed by atoms with Crippen LogP contribution in [0, 0.1) is 25.2 Å². The fraction of sp³-hybridized carbons (Fsp3) is 0.263. The van der Waals surface area contributed by atoms with Crippen molar-refractivity contribution >= 4 is 17.7 Å². The van der Waals surface area contributed by atoms with Crippen LogP contribution in [0.1, 0.15) is 40.2 Å². The maximum Gasteiger partial charge on any atom is 0.327 e. The van der Waals surface area contributed by atoms with E-state index in [0.29, 0.717) is 16.8 Å². The summed E-state index contributed by atoms with van der Waals surface area (Å²) in [5.74, 6) is -2.19. The van der Waals surface area contributed by atoms with Gasteiger partial charge >= 0.3 is 11.8 Å². The van der Waals surface area contributed by atoms with Crippen LogP contribution in [0.3, 0.4) is 0 Å². The maximum absolute atomic E-state index is 12.4. The molecule has 0 atom stereocenters. The van der Waals surface area contributed by atoms with Crippen molar-refractivity contribution in [3.63, 3.8) is 0 Å². The fourth-order valence-corrected chi connectivity index (χ4v) is 2.79. The number of carbonyl (C=O) groups excluding carboxylic acids is 3. The van der Waals surface area contributed by atoms with Crippen LogP contribution in [0.5, 0.6) is 0 Å². The normalized spacial score (nSPS) is 12.8. The summed E-state index contributed by atoms with van der Waals surface area (Å²) in [6.45, 7) is 3.63. The molecular weight excluding hydrogens is 346 g/mol. The first-order chi connectivity index (χ1) is 12.9. The molecule has 1 heterocycles. The van der Waals surface area contributed by atoms with E-state index in [-0.39, 0.29) is 6.04 Å². The van der Waals surface area contributed by atoms with Gasteiger partial charge in [-0.1, -0.05) is 0 Å². The van der Waals surface area contributed by atoms with E-state index in [1.54, 1.807) is 37.3 Å². The highest BCUT2D eigenvalue weighted by molar-refractivity contribution is 6.35. The highest BCUT2D eigenvalue weighted by Gasteiger charge is 2.26. The van der Waals surface area contributed by atoms with Crippen molar-refractivity contribution in [2.45, 2.75) is 32.7 Å². The molecule has 0 aliphatic heterocycles. The lowest BCUT2D eigenvalue weighted by Gasteiger charge is -2.10. The van der Waals surface area contributed by atoms with Crippen molar-refractivity contribution < 1.29 is 14.4 Å². The number of nitrogens with zero attached hydrogens (tertiary/aromatic N) is 2. The summed E-state index contributed by atoms with van der Waals surface area (Å²) in [4.78, 5) is 35.7. The number of hydrogen-bond donors (Lipinski definition) is 3. The largest absolute Gasteiger partial charge is 0.345 e. The number of amides is 3. The lowest BCUT2D eigenvalue weighted by molar-refractivity contribution is -0.139. The standard InChI is InChI=1S/C19H19N5O3/c1-11-9-16(12(2)24(11)15-7-3-13(10-20)4-8-15)17(25)22-23-19(27)18(26)21-14-5-6-14/h3-4,7-9,14H,5-6H2,1-2H3,(H,21,26)(H,22,25)(H,23,27). The molecule has 0 spiro atoms. The summed E-state index contributed by atoms with van der Waals surface area (Å²) in [5, 5.41) is 11.5. The number of hydrazine groups is 1. The van der Waals surface area contributed by atoms with Crippen LogP contribution in [-0.4, -0.2) is 28.3 Å². The number of aromatic nitrogens is 1. The molecule has 1 aromatic carbocycles. The number of aryl methyl sites for hydroxylation is 1. The predicted molar refractivity (Wildman–Crippen MR) is 96.7 cm³/mol. The van der Waals surface area contributed by atoms with Gasteiger partial charge in [0.15, 0.2) is 0 Å². The molecule has 3 N–H and O–H groups in total. The summed E-state index contributed by atoms with van der Waals surface area (Å²) in [7, 11) is 0. The molecule has 27 heavy (non-hydrogen) atoms. The van der Waals surface area contributed by atoms with Gasteiger partial charge in [0.2, 0.25) is 0 Å². The molecule has 138 valence electrons. The summed E-state index contributed by atoms with van der Waals surface area (Å²) < 4.78 is 1.87. The minimum atomic E-state index is -0.906. The molecule has 3 rings (SSSR count). The second kappa shape index (κ2) is 7.33. The van der Waals surface area contributed by atoms with Crippen LogP contribution in [0.2, 0.25) is 0 Å². The Morgan fingerprint density at radius 2 is 1.74 bits per heavy atom. The Hall–Kier alpha value is -3.60. The Morgan fingerprint density at radius 1 is 1.07 bits per heavy atom. The second-order valence-corrected chi connectivity index (χ2v) is 6.43. The molecule has 1 fully saturated rings. The van der Waals surface area contributed by atoms with E-state index in [9.17, 15) is 14.4 Å². The quantitative estimate of drug-likeness (QED) is 0.556. The van der Waals surface area contributed by atoms with E-state index >= 15 is 0 Å². The zero-order valence-electron chi connectivity index (χ0n) is 15.0. The van der Waals surface area contributed by atoms with Crippen LogP contribution >= 0.6 is 0 Å². The number of benzene rings is 1. The molecular formula is C19H19N5O3. The van der Waals surface area contributed by atoms with Crippen LogP contribution in [0.25, 0.3) is 5.69 Å². The maximum atomic E-state index is 12.4. The van der Waals surface area contributed by atoms with Gasteiger partial charge in [-0.05, 0) is 57.0 Å². The lowest BCUT2D eigenvalue weighted by Crippen LogP contribution is -2.49. The van der Waals surface area contributed by atoms with Gasteiger partial charge in [-0.25, -0.2) is 0 Å². The van der Waals surface area contributed by atoms with E-state index < -0.39 is 17.7 Å². The Bertz CT molecular complexity index is 949. The number of hydrogen-bond acceptors (Lipinski definition) is 4. The zero-order valence-corrected chi connectivity index (χ0v) is 15.0. The minimum Gasteiger partial charge on any atom is -0.345 e. The SMILES string of the molecule is Cc1cc(C(=O)NNC(=O)C(=O)NC2CC2)c(C)n1-c1ccc(C#N)cc1. The van der Waals surface area contributed by atoms with Gasteiger partial charge in [-0.15, -0.1) is 0 Å². The molecule has 1 saturated carbocycles. The third-order valence-electron chi connectivity index (χ3n) is 4.34.